The van der Waals surface area contributed by atoms with Crippen molar-refractivity contribution in [1.29, 1.82) is 0 Å². The smallest absolute Gasteiger partial charge is 0.0165 e. The van der Waals surface area contributed by atoms with Gasteiger partial charge in [0, 0.05) is 14.9 Å². The van der Waals surface area contributed by atoms with Crippen molar-refractivity contribution in [3.8, 4) is 11.1 Å². The number of allylic oxidation sites excluding steroid dienone is 1. The molecule has 0 spiro atoms. The molecule has 0 N–H and O–H groups in total. The lowest BCUT2D eigenvalue weighted by atomic mass is 9.75. The maximum atomic E-state index is 2.49. The first kappa shape index (κ1) is 19.3. The van der Waals surface area contributed by atoms with Crippen LogP contribution in [0.25, 0.3) is 28.0 Å². The third-order valence-electron chi connectivity index (χ3n) is 7.51. The van der Waals surface area contributed by atoms with E-state index in [1.807, 2.05) is 0 Å². The molecule has 0 heterocycles. The number of fused-ring (bicyclic) bond motifs is 6. The molecule has 6 rings (SSSR count). The van der Waals surface area contributed by atoms with Crippen molar-refractivity contribution in [3.05, 3.63) is 110 Å². The maximum Gasteiger partial charge on any atom is 0.0165 e. The molecule has 2 atom stereocenters. The van der Waals surface area contributed by atoms with Crippen molar-refractivity contribution in [2.45, 2.75) is 38.0 Å². The van der Waals surface area contributed by atoms with Gasteiger partial charge in [0.1, 0.15) is 0 Å². The van der Waals surface area contributed by atoms with E-state index < -0.39 is 0 Å². The Morgan fingerprint density at radius 3 is 2.52 bits per heavy atom. The summed E-state index contributed by atoms with van der Waals surface area (Å²) in [6, 6.07) is 27.5. The van der Waals surface area contributed by atoms with Crippen LogP contribution < -0.4 is 0 Å². The summed E-state index contributed by atoms with van der Waals surface area (Å²) in [4.78, 5) is 0. The number of halogens is 1. The Hall–Kier alpha value is -2.39. The molecule has 0 bridgehead atoms. The molecule has 2 aliphatic carbocycles. The number of hydrogen-bond acceptors (Lipinski definition) is 0. The van der Waals surface area contributed by atoms with Gasteiger partial charge in [0.05, 0.1) is 0 Å². The van der Waals surface area contributed by atoms with Gasteiger partial charge in [-0.3, -0.25) is 0 Å². The first-order chi connectivity index (χ1) is 14.9. The van der Waals surface area contributed by atoms with Gasteiger partial charge in [-0.05, 0) is 90.4 Å². The molecule has 2 aliphatic rings. The van der Waals surface area contributed by atoms with E-state index in [0.29, 0.717) is 11.8 Å². The minimum Gasteiger partial charge on any atom is -0.0758 e. The standard InChI is InChI=1S/C30H25I/c1-18-23(13-9-20-8-12-22(31)17-27(18)20)21-11-14-25-26-15-10-19-6-4-5-7-24(19)29(26)30(2,3)28(25)16-21/h4-18,23H,1-3H3. The van der Waals surface area contributed by atoms with Crippen molar-refractivity contribution in [1.82, 2.24) is 0 Å². The molecular weight excluding hydrogens is 487 g/mol. The minimum atomic E-state index is -0.00353. The van der Waals surface area contributed by atoms with Crippen LogP contribution in [0.3, 0.4) is 0 Å². The van der Waals surface area contributed by atoms with Crippen molar-refractivity contribution >= 4 is 39.4 Å². The lowest BCUT2D eigenvalue weighted by molar-refractivity contribution is 0.649. The molecule has 0 aliphatic heterocycles. The highest BCUT2D eigenvalue weighted by Crippen LogP contribution is 2.52. The summed E-state index contributed by atoms with van der Waals surface area (Å²) in [6.07, 6.45) is 4.72. The number of hydrogen-bond donors (Lipinski definition) is 0. The topological polar surface area (TPSA) is 0 Å². The highest BCUT2D eigenvalue weighted by molar-refractivity contribution is 14.1. The monoisotopic (exact) mass is 512 g/mol. The van der Waals surface area contributed by atoms with Crippen LogP contribution >= 0.6 is 22.6 Å². The molecule has 0 amide bonds. The normalized spacial score (nSPS) is 20.4. The summed E-state index contributed by atoms with van der Waals surface area (Å²) in [7, 11) is 0. The van der Waals surface area contributed by atoms with E-state index in [0.717, 1.165) is 0 Å². The average molecular weight is 512 g/mol. The van der Waals surface area contributed by atoms with Gasteiger partial charge in [-0.15, -0.1) is 0 Å². The third kappa shape index (κ3) is 2.79. The van der Waals surface area contributed by atoms with Crippen molar-refractivity contribution in [3.63, 3.8) is 0 Å². The fraction of sp³-hybridized carbons (Fsp3) is 0.200. The molecule has 2 unspecified atom stereocenters. The molecule has 0 nitrogen and oxygen atoms in total. The zero-order valence-electron chi connectivity index (χ0n) is 18.1. The van der Waals surface area contributed by atoms with Crippen LogP contribution in [0.1, 0.15) is 60.4 Å². The second-order valence-electron chi connectivity index (χ2n) is 9.59. The van der Waals surface area contributed by atoms with Crippen molar-refractivity contribution < 1.29 is 0 Å². The van der Waals surface area contributed by atoms with E-state index in [9.17, 15) is 0 Å². The van der Waals surface area contributed by atoms with Crippen LogP contribution in [-0.4, -0.2) is 0 Å². The zero-order chi connectivity index (χ0) is 21.3. The molecule has 0 saturated carbocycles. The van der Waals surface area contributed by atoms with E-state index in [-0.39, 0.29) is 5.41 Å². The van der Waals surface area contributed by atoms with Crippen LogP contribution in [0.2, 0.25) is 0 Å². The molecule has 1 heteroatoms. The fourth-order valence-electron chi connectivity index (χ4n) is 5.88. The van der Waals surface area contributed by atoms with Gasteiger partial charge >= 0.3 is 0 Å². The number of rotatable bonds is 1. The van der Waals surface area contributed by atoms with Crippen LogP contribution in [0.4, 0.5) is 0 Å². The molecule has 0 radical (unpaired) electrons. The van der Waals surface area contributed by atoms with E-state index in [4.69, 9.17) is 0 Å². The largest absolute Gasteiger partial charge is 0.0758 e. The summed E-state index contributed by atoms with van der Waals surface area (Å²) in [6.45, 7) is 7.17. The predicted molar refractivity (Wildman–Crippen MR) is 141 cm³/mol. The first-order valence-corrected chi connectivity index (χ1v) is 12.2. The van der Waals surface area contributed by atoms with Crippen molar-refractivity contribution in [2.24, 2.45) is 0 Å². The van der Waals surface area contributed by atoms with Gasteiger partial charge in [-0.25, -0.2) is 0 Å². The molecule has 4 aromatic carbocycles. The highest BCUT2D eigenvalue weighted by atomic mass is 127. The molecule has 152 valence electrons. The van der Waals surface area contributed by atoms with Crippen LogP contribution in [0.15, 0.2) is 78.9 Å². The van der Waals surface area contributed by atoms with Gasteiger partial charge in [-0.2, -0.15) is 0 Å². The molecule has 0 saturated heterocycles. The Balaban J connectivity index is 1.49. The van der Waals surface area contributed by atoms with E-state index in [2.05, 4.69) is 128 Å². The lowest BCUT2D eigenvalue weighted by Gasteiger charge is -2.29. The predicted octanol–water partition coefficient (Wildman–Crippen LogP) is 8.66. The van der Waals surface area contributed by atoms with Crippen molar-refractivity contribution in [2.75, 3.05) is 0 Å². The minimum absolute atomic E-state index is 0.00353. The maximum absolute atomic E-state index is 2.49. The second kappa shape index (κ2) is 6.80. The summed E-state index contributed by atoms with van der Waals surface area (Å²) in [5.74, 6) is 0.882. The van der Waals surface area contributed by atoms with E-state index in [1.54, 1.807) is 0 Å². The Morgan fingerprint density at radius 1 is 0.839 bits per heavy atom. The summed E-state index contributed by atoms with van der Waals surface area (Å²) in [5.41, 5.74) is 10.00. The van der Waals surface area contributed by atoms with Gasteiger partial charge < -0.3 is 0 Å². The molecule has 31 heavy (non-hydrogen) atoms. The Morgan fingerprint density at radius 2 is 1.65 bits per heavy atom. The first-order valence-electron chi connectivity index (χ1n) is 11.1. The Bertz CT molecular complexity index is 1390. The highest BCUT2D eigenvalue weighted by Gasteiger charge is 2.37. The van der Waals surface area contributed by atoms with Gasteiger partial charge in [0.25, 0.3) is 0 Å². The van der Waals surface area contributed by atoms with Crippen LogP contribution in [0, 0.1) is 3.57 Å². The summed E-state index contributed by atoms with van der Waals surface area (Å²) in [5, 5.41) is 2.72. The number of benzene rings is 4. The lowest BCUT2D eigenvalue weighted by Crippen LogP contribution is -2.17. The van der Waals surface area contributed by atoms with Gasteiger partial charge in [0.15, 0.2) is 0 Å². The summed E-state index contributed by atoms with van der Waals surface area (Å²) >= 11 is 2.43. The average Bonchev–Trinajstić information content (AvgIpc) is 3.01. The third-order valence-corrected chi connectivity index (χ3v) is 8.18. The second-order valence-corrected chi connectivity index (χ2v) is 10.8. The molecule has 4 aromatic rings. The molecule has 0 fully saturated rings. The van der Waals surface area contributed by atoms with Crippen LogP contribution in [0.5, 0.6) is 0 Å². The zero-order valence-corrected chi connectivity index (χ0v) is 20.3. The van der Waals surface area contributed by atoms with E-state index >= 15 is 0 Å². The van der Waals surface area contributed by atoms with Gasteiger partial charge in [-0.1, -0.05) is 93.6 Å². The van der Waals surface area contributed by atoms with Gasteiger partial charge in [0.2, 0.25) is 0 Å². The molecular formula is C30H25I. The quantitative estimate of drug-likeness (QED) is 0.224. The van der Waals surface area contributed by atoms with E-state index in [1.165, 1.54) is 53.3 Å². The fourth-order valence-corrected chi connectivity index (χ4v) is 6.40. The Labute approximate surface area is 198 Å². The Kier molecular flexibility index (Phi) is 4.24. The van der Waals surface area contributed by atoms with Crippen LogP contribution in [-0.2, 0) is 5.41 Å². The SMILES string of the molecule is CC1c2cc(I)ccc2C=CC1c1ccc2c(c1)C(C)(C)c1c-2ccc2ccccc12. The summed E-state index contributed by atoms with van der Waals surface area (Å²) < 4.78 is 1.31. The molecule has 0 aromatic heterocycles.